The third kappa shape index (κ3) is 12.1. The highest BCUT2D eigenvalue weighted by Crippen LogP contribution is 2.45. The summed E-state index contributed by atoms with van der Waals surface area (Å²) in [4.78, 5) is 9.48. The van der Waals surface area contributed by atoms with Crippen LogP contribution in [-0.4, -0.2) is 0 Å². The molecule has 0 aliphatic heterocycles. The number of thiophene rings is 1. The molecule has 500 valence electrons. The van der Waals surface area contributed by atoms with E-state index in [1.807, 2.05) is 35.6 Å². The number of para-hydroxylation sites is 6. The van der Waals surface area contributed by atoms with Crippen LogP contribution in [0.2, 0.25) is 0 Å². The van der Waals surface area contributed by atoms with Gasteiger partial charge >= 0.3 is 0 Å². The van der Waals surface area contributed by atoms with Crippen molar-refractivity contribution in [3.8, 4) is 87.6 Å². The molecule has 0 radical (unpaired) electrons. The summed E-state index contributed by atoms with van der Waals surface area (Å²) in [6.07, 6.45) is 0. The standard InChI is InChI=1S/C100H67N3O2S/c1-4-16-78(17-5-1)97-66-67-98(106-97)79-50-64-88(65-51-79)103(84-56-42-74(43-57-84)70-34-30-68(31-35-70)72-38-52-82(53-39-72)101(80-18-6-2-7-19-80)86-60-46-76(47-61-86)89-24-14-26-93-91-22-10-12-28-95(91)104-99(89)93)85-58-44-75(45-59-85)71-36-32-69(33-37-71)73-40-54-83(55-41-73)102(81-20-8-3-9-21-81)87-62-48-77(49-63-87)90-25-15-27-94-92-23-11-13-29-96(92)105-100(90)94/h1-67H. The molecule has 106 heavy (non-hydrogen) atoms. The third-order valence-electron chi connectivity index (χ3n) is 20.4. The Bertz CT molecular complexity index is 5960. The minimum atomic E-state index is 0.900. The number of hydrogen-bond acceptors (Lipinski definition) is 6. The largest absolute Gasteiger partial charge is 0.455 e. The van der Waals surface area contributed by atoms with Crippen LogP contribution < -0.4 is 14.7 Å². The Morgan fingerprint density at radius 3 is 0.698 bits per heavy atom. The molecule has 0 aliphatic carbocycles. The summed E-state index contributed by atoms with van der Waals surface area (Å²) in [6, 6.07) is 146. The van der Waals surface area contributed by atoms with Gasteiger partial charge in [-0.05, 0) is 200 Å². The van der Waals surface area contributed by atoms with E-state index in [0.29, 0.717) is 0 Å². The fraction of sp³-hybridized carbons (Fsp3) is 0. The van der Waals surface area contributed by atoms with Gasteiger partial charge in [0, 0.05) is 93.6 Å². The minimum absolute atomic E-state index is 0.900. The molecule has 19 rings (SSSR count). The number of fused-ring (bicyclic) bond motifs is 6. The fourth-order valence-corrected chi connectivity index (χ4v) is 16.0. The van der Waals surface area contributed by atoms with Crippen molar-refractivity contribution in [2.45, 2.75) is 0 Å². The Morgan fingerprint density at radius 1 is 0.160 bits per heavy atom. The van der Waals surface area contributed by atoms with Gasteiger partial charge in [0.25, 0.3) is 0 Å². The molecule has 0 unspecified atom stereocenters. The van der Waals surface area contributed by atoms with Crippen LogP contribution in [0.3, 0.4) is 0 Å². The molecule has 19 aromatic rings. The van der Waals surface area contributed by atoms with Gasteiger partial charge in [0.05, 0.1) is 0 Å². The first kappa shape index (κ1) is 63.2. The van der Waals surface area contributed by atoms with E-state index in [1.54, 1.807) is 0 Å². The molecule has 3 aromatic heterocycles. The summed E-state index contributed by atoms with van der Waals surface area (Å²) in [5.41, 5.74) is 29.3. The van der Waals surface area contributed by atoms with Crippen molar-refractivity contribution in [2.75, 3.05) is 14.7 Å². The van der Waals surface area contributed by atoms with Crippen LogP contribution in [-0.2, 0) is 0 Å². The number of anilines is 9. The van der Waals surface area contributed by atoms with Crippen LogP contribution in [0.5, 0.6) is 0 Å². The van der Waals surface area contributed by atoms with Crippen molar-refractivity contribution in [1.29, 1.82) is 0 Å². The highest BCUT2D eigenvalue weighted by Gasteiger charge is 2.21. The predicted octanol–water partition coefficient (Wildman–Crippen LogP) is 29.3. The number of rotatable bonds is 17. The molecule has 0 saturated heterocycles. The van der Waals surface area contributed by atoms with E-state index < -0.39 is 0 Å². The maximum Gasteiger partial charge on any atom is 0.143 e. The van der Waals surface area contributed by atoms with E-state index in [0.717, 1.165) is 162 Å². The number of nitrogens with zero attached hydrogens (tertiary/aromatic N) is 3. The summed E-state index contributed by atoms with van der Waals surface area (Å²) >= 11 is 1.82. The number of hydrogen-bond donors (Lipinski definition) is 0. The zero-order valence-electron chi connectivity index (χ0n) is 57.7. The van der Waals surface area contributed by atoms with Crippen LogP contribution in [0.4, 0.5) is 51.2 Å². The van der Waals surface area contributed by atoms with E-state index in [4.69, 9.17) is 8.83 Å². The van der Waals surface area contributed by atoms with Gasteiger partial charge in [0.15, 0.2) is 0 Å². The van der Waals surface area contributed by atoms with Gasteiger partial charge in [-0.25, -0.2) is 0 Å². The van der Waals surface area contributed by atoms with E-state index >= 15 is 0 Å². The summed E-state index contributed by atoms with van der Waals surface area (Å²) in [5.74, 6) is 0. The van der Waals surface area contributed by atoms with Crippen LogP contribution >= 0.6 is 11.3 Å². The lowest BCUT2D eigenvalue weighted by Crippen LogP contribution is -2.09. The van der Waals surface area contributed by atoms with E-state index in [1.165, 1.54) is 20.9 Å². The van der Waals surface area contributed by atoms with Gasteiger partial charge in [-0.15, -0.1) is 11.3 Å². The molecule has 0 N–H and O–H groups in total. The van der Waals surface area contributed by atoms with E-state index in [9.17, 15) is 0 Å². The van der Waals surface area contributed by atoms with Gasteiger partial charge in [0.2, 0.25) is 0 Å². The van der Waals surface area contributed by atoms with Crippen LogP contribution in [0.25, 0.3) is 132 Å². The zero-order chi connectivity index (χ0) is 70.3. The average Bonchev–Trinajstić information content (AvgIpc) is 1.60. The third-order valence-corrected chi connectivity index (χ3v) is 21.6. The normalized spacial score (nSPS) is 11.4. The fourth-order valence-electron chi connectivity index (χ4n) is 15.0. The van der Waals surface area contributed by atoms with Crippen molar-refractivity contribution < 1.29 is 8.83 Å². The van der Waals surface area contributed by atoms with Crippen molar-refractivity contribution in [3.63, 3.8) is 0 Å². The molecule has 6 heteroatoms. The Kier molecular flexibility index (Phi) is 16.4. The maximum atomic E-state index is 6.43. The summed E-state index contributed by atoms with van der Waals surface area (Å²) in [5, 5.41) is 4.51. The SMILES string of the molecule is c1ccc(-c2ccc(-c3ccc(N(c4ccc(-c5ccc(-c6ccc(N(c7ccccc7)c7ccc(-c8cccc9c8oc8ccccc89)cc7)cc6)cc5)cc4)c4ccc(-c5ccc(-c6ccc(N(c7ccccc7)c7ccc(-c8cccc9c8oc8ccccc89)cc7)cc6)cc5)cc4)cc3)s2)cc1. The van der Waals surface area contributed by atoms with E-state index in [2.05, 4.69) is 397 Å². The first-order chi connectivity index (χ1) is 52.5. The first-order valence-corrected chi connectivity index (χ1v) is 36.7. The smallest absolute Gasteiger partial charge is 0.143 e. The topological polar surface area (TPSA) is 36.0 Å². The number of furan rings is 2. The molecule has 0 amide bonds. The zero-order valence-corrected chi connectivity index (χ0v) is 58.6. The van der Waals surface area contributed by atoms with Crippen molar-refractivity contribution in [2.24, 2.45) is 0 Å². The second-order valence-electron chi connectivity index (χ2n) is 26.8. The van der Waals surface area contributed by atoms with Gasteiger partial charge in [-0.3, -0.25) is 0 Å². The molecular formula is C100H67N3O2S. The maximum absolute atomic E-state index is 6.43. The molecule has 3 heterocycles. The summed E-state index contributed by atoms with van der Waals surface area (Å²) < 4.78 is 12.9. The Labute approximate surface area is 619 Å². The van der Waals surface area contributed by atoms with Gasteiger partial charge in [-0.1, -0.05) is 273 Å². The van der Waals surface area contributed by atoms with Gasteiger partial charge in [-0.2, -0.15) is 0 Å². The molecule has 0 fully saturated rings. The molecule has 0 spiro atoms. The molecule has 5 nitrogen and oxygen atoms in total. The highest BCUT2D eigenvalue weighted by atomic mass is 32.1. The Morgan fingerprint density at radius 2 is 0.387 bits per heavy atom. The average molecular weight is 1370 g/mol. The van der Waals surface area contributed by atoms with Gasteiger partial charge in [0.1, 0.15) is 22.3 Å². The van der Waals surface area contributed by atoms with Crippen molar-refractivity contribution in [1.82, 2.24) is 0 Å². The number of benzene rings is 16. The van der Waals surface area contributed by atoms with Crippen molar-refractivity contribution in [3.05, 3.63) is 406 Å². The van der Waals surface area contributed by atoms with Crippen LogP contribution in [0, 0.1) is 0 Å². The first-order valence-electron chi connectivity index (χ1n) is 35.9. The molecule has 0 bridgehead atoms. The van der Waals surface area contributed by atoms with E-state index in [-0.39, 0.29) is 0 Å². The Hall–Kier alpha value is -13.8. The Balaban J connectivity index is 0.567. The molecular weight excluding hydrogens is 1310 g/mol. The monoisotopic (exact) mass is 1370 g/mol. The summed E-state index contributed by atoms with van der Waals surface area (Å²) in [7, 11) is 0. The van der Waals surface area contributed by atoms with Crippen molar-refractivity contribution >= 4 is 106 Å². The lowest BCUT2D eigenvalue weighted by molar-refractivity contribution is 0.669. The second kappa shape index (κ2) is 27.5. The molecule has 16 aromatic carbocycles. The molecule has 0 saturated carbocycles. The minimum Gasteiger partial charge on any atom is -0.455 e. The lowest BCUT2D eigenvalue weighted by Gasteiger charge is -2.26. The molecule has 0 aliphatic rings. The van der Waals surface area contributed by atoms with Crippen LogP contribution in [0.1, 0.15) is 0 Å². The predicted molar refractivity (Wildman–Crippen MR) is 446 cm³/mol. The quantitative estimate of drug-likeness (QED) is 0.0908. The van der Waals surface area contributed by atoms with Crippen LogP contribution in [0.15, 0.2) is 415 Å². The second-order valence-corrected chi connectivity index (χ2v) is 27.8. The lowest BCUT2D eigenvalue weighted by atomic mass is 9.99. The summed E-state index contributed by atoms with van der Waals surface area (Å²) in [6.45, 7) is 0. The highest BCUT2D eigenvalue weighted by molar-refractivity contribution is 7.18. The molecule has 0 atom stereocenters. The van der Waals surface area contributed by atoms with Gasteiger partial charge < -0.3 is 23.5 Å².